The third-order valence-corrected chi connectivity index (χ3v) is 3.16. The van der Waals surface area contributed by atoms with Crippen LogP contribution >= 0.6 is 0 Å². The Morgan fingerprint density at radius 2 is 2.04 bits per heavy atom. The maximum atomic E-state index is 12.0. The third-order valence-electron chi connectivity index (χ3n) is 3.16. The van der Waals surface area contributed by atoms with E-state index >= 15 is 0 Å². The van der Waals surface area contributed by atoms with Crippen molar-refractivity contribution in [1.82, 2.24) is 25.2 Å². The fourth-order valence-electron chi connectivity index (χ4n) is 2.06. The average molecular weight is 333 g/mol. The third kappa shape index (κ3) is 4.94. The summed E-state index contributed by atoms with van der Waals surface area (Å²) in [5.41, 5.74) is 0.161. The summed E-state index contributed by atoms with van der Waals surface area (Å²) in [6, 6.07) is 4.96. The minimum absolute atomic E-state index is 0.283. The van der Waals surface area contributed by atoms with Gasteiger partial charge in [0.2, 0.25) is 5.91 Å². The molecule has 2 rings (SSSR count). The molecule has 0 radical (unpaired) electrons. The summed E-state index contributed by atoms with van der Waals surface area (Å²) in [7, 11) is 0. The van der Waals surface area contributed by atoms with Crippen LogP contribution in [0.5, 0.6) is 0 Å². The molecular formula is C16H23N5O3. The minimum atomic E-state index is -0.685. The van der Waals surface area contributed by atoms with Gasteiger partial charge in [0.25, 0.3) is 0 Å². The Morgan fingerprint density at radius 1 is 1.29 bits per heavy atom. The molecule has 0 aromatic carbocycles. The number of alkyl carbamates (subject to hydrolysis) is 1. The van der Waals surface area contributed by atoms with Gasteiger partial charge in [0.1, 0.15) is 17.5 Å². The summed E-state index contributed by atoms with van der Waals surface area (Å²) in [6.07, 6.45) is 1.79. The van der Waals surface area contributed by atoms with Gasteiger partial charge in [-0.2, -0.15) is 0 Å². The molecule has 2 N–H and O–H groups in total. The van der Waals surface area contributed by atoms with Gasteiger partial charge in [-0.3, -0.25) is 9.20 Å². The van der Waals surface area contributed by atoms with E-state index < -0.39 is 17.7 Å². The highest BCUT2D eigenvalue weighted by Gasteiger charge is 2.20. The normalized spacial score (nSPS) is 12.7. The molecule has 8 heteroatoms. The van der Waals surface area contributed by atoms with E-state index in [1.54, 1.807) is 27.7 Å². The number of rotatable bonds is 5. The van der Waals surface area contributed by atoms with Crippen molar-refractivity contribution in [3.05, 3.63) is 30.2 Å². The quantitative estimate of drug-likeness (QED) is 0.859. The van der Waals surface area contributed by atoms with Crippen LogP contribution in [0.1, 0.15) is 33.5 Å². The Morgan fingerprint density at radius 3 is 2.75 bits per heavy atom. The lowest BCUT2D eigenvalue weighted by molar-refractivity contribution is -0.122. The molecule has 0 unspecified atom stereocenters. The lowest BCUT2D eigenvalue weighted by Gasteiger charge is -2.21. The summed E-state index contributed by atoms with van der Waals surface area (Å²) in [4.78, 5) is 23.7. The molecule has 0 bridgehead atoms. The van der Waals surface area contributed by atoms with E-state index in [0.29, 0.717) is 13.0 Å². The standard InChI is InChI=1S/C16H23N5O3/c1-11(18-15(23)24-16(2,3)4)14(22)17-9-8-13-20-19-12-7-5-6-10-21(12)13/h5-7,10-11H,8-9H2,1-4H3,(H,17,22)(H,18,23)/t11-/m1/s1. The summed E-state index contributed by atoms with van der Waals surface area (Å²) >= 11 is 0. The van der Waals surface area contributed by atoms with Crippen molar-refractivity contribution in [2.24, 2.45) is 0 Å². The van der Waals surface area contributed by atoms with E-state index in [4.69, 9.17) is 4.74 Å². The van der Waals surface area contributed by atoms with Crippen molar-refractivity contribution in [1.29, 1.82) is 0 Å². The van der Waals surface area contributed by atoms with E-state index in [1.165, 1.54) is 0 Å². The fourth-order valence-corrected chi connectivity index (χ4v) is 2.06. The Kier molecular flexibility index (Phi) is 5.38. The SMILES string of the molecule is C[C@@H](NC(=O)OC(C)(C)C)C(=O)NCCc1nnc2ccccn12. The van der Waals surface area contributed by atoms with Gasteiger partial charge in [0.15, 0.2) is 5.65 Å². The van der Waals surface area contributed by atoms with Crippen molar-refractivity contribution >= 4 is 17.6 Å². The Labute approximate surface area is 140 Å². The molecule has 24 heavy (non-hydrogen) atoms. The van der Waals surface area contributed by atoms with Crippen molar-refractivity contribution in [2.45, 2.75) is 45.8 Å². The number of nitrogens with one attached hydrogen (secondary N) is 2. The number of ether oxygens (including phenoxy) is 1. The molecule has 2 aromatic heterocycles. The molecule has 1 atom stereocenters. The van der Waals surface area contributed by atoms with E-state index in [-0.39, 0.29) is 5.91 Å². The van der Waals surface area contributed by atoms with Gasteiger partial charge in [-0.1, -0.05) is 6.07 Å². The van der Waals surface area contributed by atoms with Gasteiger partial charge >= 0.3 is 6.09 Å². The van der Waals surface area contributed by atoms with E-state index in [2.05, 4.69) is 20.8 Å². The number of nitrogens with zero attached hydrogens (tertiary/aromatic N) is 3. The van der Waals surface area contributed by atoms with Crippen LogP contribution in [0.3, 0.4) is 0 Å². The molecule has 0 aliphatic heterocycles. The van der Waals surface area contributed by atoms with Gasteiger partial charge in [-0.25, -0.2) is 4.79 Å². The molecule has 8 nitrogen and oxygen atoms in total. The summed E-state index contributed by atoms with van der Waals surface area (Å²) in [5.74, 6) is 0.480. The van der Waals surface area contributed by atoms with Crippen molar-refractivity contribution in [2.75, 3.05) is 6.54 Å². The number of carbonyl (C=O) groups is 2. The molecule has 2 amide bonds. The van der Waals surface area contributed by atoms with Crippen LogP contribution in [0.15, 0.2) is 24.4 Å². The van der Waals surface area contributed by atoms with E-state index in [1.807, 2.05) is 28.8 Å². The number of aromatic nitrogens is 3. The summed E-state index contributed by atoms with van der Waals surface area (Å²) in [6.45, 7) is 7.29. The monoisotopic (exact) mass is 333 g/mol. The first-order valence-corrected chi connectivity index (χ1v) is 7.82. The van der Waals surface area contributed by atoms with Crippen LogP contribution in [0.25, 0.3) is 5.65 Å². The number of fused-ring (bicyclic) bond motifs is 1. The second-order valence-corrected chi connectivity index (χ2v) is 6.45. The fraction of sp³-hybridized carbons (Fsp3) is 0.500. The second-order valence-electron chi connectivity index (χ2n) is 6.45. The molecule has 2 heterocycles. The van der Waals surface area contributed by atoms with Gasteiger partial charge in [0, 0.05) is 19.2 Å². The molecule has 2 aromatic rings. The van der Waals surface area contributed by atoms with Gasteiger partial charge in [-0.15, -0.1) is 10.2 Å². The van der Waals surface area contributed by atoms with Crippen molar-refractivity contribution in [3.8, 4) is 0 Å². The molecule has 0 fully saturated rings. The summed E-state index contributed by atoms with van der Waals surface area (Å²) in [5, 5.41) is 13.4. The number of amides is 2. The van der Waals surface area contributed by atoms with Crippen LogP contribution in [-0.2, 0) is 16.0 Å². The first-order chi connectivity index (χ1) is 11.3. The average Bonchev–Trinajstić information content (AvgIpc) is 2.88. The molecular weight excluding hydrogens is 310 g/mol. The number of hydrogen-bond acceptors (Lipinski definition) is 5. The van der Waals surface area contributed by atoms with Crippen LogP contribution in [0, 0.1) is 0 Å². The predicted octanol–water partition coefficient (Wildman–Crippen LogP) is 1.30. The van der Waals surface area contributed by atoms with Gasteiger partial charge < -0.3 is 15.4 Å². The summed E-state index contributed by atoms with van der Waals surface area (Å²) < 4.78 is 6.99. The smallest absolute Gasteiger partial charge is 0.408 e. The molecule has 0 saturated carbocycles. The predicted molar refractivity (Wildman–Crippen MR) is 88.5 cm³/mol. The zero-order valence-electron chi connectivity index (χ0n) is 14.4. The van der Waals surface area contributed by atoms with Crippen LogP contribution in [0.4, 0.5) is 4.79 Å². The Hall–Kier alpha value is -2.64. The highest BCUT2D eigenvalue weighted by Crippen LogP contribution is 2.06. The lowest BCUT2D eigenvalue weighted by Crippen LogP contribution is -2.46. The molecule has 130 valence electrons. The van der Waals surface area contributed by atoms with E-state index in [9.17, 15) is 9.59 Å². The van der Waals surface area contributed by atoms with Crippen LogP contribution in [0.2, 0.25) is 0 Å². The minimum Gasteiger partial charge on any atom is -0.444 e. The highest BCUT2D eigenvalue weighted by atomic mass is 16.6. The second kappa shape index (κ2) is 7.29. The Bertz CT molecular complexity index is 720. The van der Waals surface area contributed by atoms with Gasteiger partial charge in [0.05, 0.1) is 0 Å². The van der Waals surface area contributed by atoms with Crippen molar-refractivity contribution in [3.63, 3.8) is 0 Å². The first-order valence-electron chi connectivity index (χ1n) is 7.82. The number of carbonyl (C=O) groups excluding carboxylic acids is 2. The molecule has 0 aliphatic carbocycles. The highest BCUT2D eigenvalue weighted by molar-refractivity contribution is 5.85. The largest absolute Gasteiger partial charge is 0.444 e. The molecule has 0 saturated heterocycles. The topological polar surface area (TPSA) is 97.6 Å². The number of pyridine rings is 1. The molecule has 0 aliphatic rings. The van der Waals surface area contributed by atoms with E-state index in [0.717, 1.165) is 11.5 Å². The van der Waals surface area contributed by atoms with Gasteiger partial charge in [-0.05, 0) is 39.8 Å². The maximum absolute atomic E-state index is 12.0. The first kappa shape index (κ1) is 17.7. The van der Waals surface area contributed by atoms with Crippen LogP contribution < -0.4 is 10.6 Å². The number of hydrogen-bond donors (Lipinski definition) is 2. The molecule has 0 spiro atoms. The van der Waals surface area contributed by atoms with Crippen LogP contribution in [-0.4, -0.2) is 44.8 Å². The Balaban J connectivity index is 1.79. The zero-order valence-corrected chi connectivity index (χ0v) is 14.4. The lowest BCUT2D eigenvalue weighted by atomic mass is 10.2. The maximum Gasteiger partial charge on any atom is 0.408 e. The van der Waals surface area contributed by atoms with Crippen molar-refractivity contribution < 1.29 is 14.3 Å². The zero-order chi connectivity index (χ0) is 17.7.